The van der Waals surface area contributed by atoms with Crippen molar-refractivity contribution in [2.75, 3.05) is 13.7 Å². The summed E-state index contributed by atoms with van der Waals surface area (Å²) in [5.74, 6) is 2.11. The molecular weight excluding hydrogens is 224 g/mol. The van der Waals surface area contributed by atoms with Crippen molar-refractivity contribution in [1.82, 2.24) is 0 Å². The van der Waals surface area contributed by atoms with Gasteiger partial charge in [-0.15, -0.1) is 0 Å². The maximum Gasteiger partial charge on any atom is 0.358 e. The Hall–Kier alpha value is -1.53. The Kier molecular flexibility index (Phi) is 6.24. The van der Waals surface area contributed by atoms with Crippen LogP contribution in [0.3, 0.4) is 0 Å². The van der Waals surface area contributed by atoms with E-state index < -0.39 is 0 Å². The highest BCUT2D eigenvalue weighted by atomic mass is 16.5. The van der Waals surface area contributed by atoms with Gasteiger partial charge in [0.1, 0.15) is 0 Å². The Balaban J connectivity index is 2.68. The van der Waals surface area contributed by atoms with Crippen molar-refractivity contribution in [3.8, 4) is 0 Å². The second-order valence-corrected chi connectivity index (χ2v) is 4.58. The Morgan fingerprint density at radius 3 is 2.94 bits per heavy atom. The largest absolute Gasteiger partial charge is 0.489 e. The van der Waals surface area contributed by atoms with Crippen LogP contribution >= 0.6 is 0 Å². The fourth-order valence-corrected chi connectivity index (χ4v) is 1.74. The Labute approximate surface area is 110 Å². The van der Waals surface area contributed by atoms with Gasteiger partial charge in [0, 0.05) is 12.0 Å². The molecule has 0 N–H and O–H groups in total. The molecule has 98 valence electrons. The van der Waals surface area contributed by atoms with Crippen LogP contribution < -0.4 is 0 Å². The van der Waals surface area contributed by atoms with E-state index in [1.165, 1.54) is 19.3 Å². The summed E-state index contributed by atoms with van der Waals surface area (Å²) in [5, 5.41) is 0. The monoisotopic (exact) mass is 247 g/mol. The maximum atomic E-state index is 5.83. The molecule has 1 aliphatic carbocycles. The summed E-state index contributed by atoms with van der Waals surface area (Å²) in [6, 6.07) is 0. The Morgan fingerprint density at radius 1 is 1.56 bits per heavy atom. The number of rotatable bonds is 7. The van der Waals surface area contributed by atoms with Crippen LogP contribution in [0.4, 0.5) is 0 Å². The average Bonchev–Trinajstić information content (AvgIpc) is 2.42. The van der Waals surface area contributed by atoms with Crippen molar-refractivity contribution in [2.45, 2.75) is 33.1 Å². The minimum atomic E-state index is 0.574. The van der Waals surface area contributed by atoms with Gasteiger partial charge in [0.15, 0.2) is 5.76 Å². The fourth-order valence-electron chi connectivity index (χ4n) is 1.74. The zero-order valence-corrected chi connectivity index (χ0v) is 11.7. The second kappa shape index (κ2) is 7.73. The van der Waals surface area contributed by atoms with E-state index in [0.717, 1.165) is 18.0 Å². The molecule has 1 rings (SSSR count). The van der Waals surface area contributed by atoms with Crippen LogP contribution in [-0.2, 0) is 9.16 Å². The summed E-state index contributed by atoms with van der Waals surface area (Å²) in [5.41, 5.74) is 3.99. The van der Waals surface area contributed by atoms with Gasteiger partial charge >= 0.3 is 5.78 Å². The second-order valence-electron chi connectivity index (χ2n) is 4.58. The van der Waals surface area contributed by atoms with Crippen LogP contribution in [0.15, 0.2) is 41.9 Å². The van der Waals surface area contributed by atoms with Gasteiger partial charge in [-0.25, -0.2) is 0 Å². The molecule has 0 radical (unpaired) electrons. The van der Waals surface area contributed by atoms with Crippen molar-refractivity contribution in [3.05, 3.63) is 41.9 Å². The van der Waals surface area contributed by atoms with Gasteiger partial charge in [-0.3, -0.25) is 4.42 Å². The van der Waals surface area contributed by atoms with E-state index in [1.54, 1.807) is 13.2 Å². The third-order valence-corrected chi connectivity index (χ3v) is 2.93. The first-order valence-corrected chi connectivity index (χ1v) is 6.56. The molecule has 0 aromatic carbocycles. The number of ether oxygens (including phenoxy) is 1. The van der Waals surface area contributed by atoms with Gasteiger partial charge in [0.2, 0.25) is 0 Å². The molecule has 0 saturated carbocycles. The molecule has 1 atom stereocenters. The van der Waals surface area contributed by atoms with Gasteiger partial charge in [0.05, 0.1) is 18.8 Å². The molecule has 0 aliphatic heterocycles. The van der Waals surface area contributed by atoms with E-state index in [1.807, 2.05) is 12.2 Å². The van der Waals surface area contributed by atoms with E-state index in [-0.39, 0.29) is 0 Å². The lowest BCUT2D eigenvalue weighted by molar-refractivity contribution is -0.464. The lowest BCUT2D eigenvalue weighted by Crippen LogP contribution is -2.10. The van der Waals surface area contributed by atoms with Crippen molar-refractivity contribution in [3.63, 3.8) is 0 Å². The molecule has 2 heteroatoms. The topological polar surface area (TPSA) is 20.5 Å². The first-order valence-electron chi connectivity index (χ1n) is 6.56. The predicted octanol–water partition coefficient (Wildman–Crippen LogP) is 3.73. The molecule has 0 aromatic heterocycles. The van der Waals surface area contributed by atoms with Crippen molar-refractivity contribution in [1.29, 1.82) is 0 Å². The third kappa shape index (κ3) is 4.38. The molecule has 0 bridgehead atoms. The molecule has 0 amide bonds. The quantitative estimate of drug-likeness (QED) is 0.496. The van der Waals surface area contributed by atoms with Crippen LogP contribution in [0.2, 0.25) is 0 Å². The van der Waals surface area contributed by atoms with Gasteiger partial charge in [0.25, 0.3) is 6.61 Å². The molecule has 0 heterocycles. The van der Waals surface area contributed by atoms with E-state index in [0.29, 0.717) is 11.7 Å². The van der Waals surface area contributed by atoms with Gasteiger partial charge in [-0.2, -0.15) is 0 Å². The van der Waals surface area contributed by atoms with Crippen LogP contribution in [0.1, 0.15) is 33.1 Å². The van der Waals surface area contributed by atoms with Crippen molar-refractivity contribution < 1.29 is 9.16 Å². The molecule has 18 heavy (non-hydrogen) atoms. The van der Waals surface area contributed by atoms with E-state index >= 15 is 0 Å². The molecule has 1 aliphatic rings. The number of unbranched alkanes of at least 4 members (excludes halogenated alkanes) is 1. The Bertz CT molecular complexity index is 407. The highest BCUT2D eigenvalue weighted by Gasteiger charge is 2.18. The zero-order valence-electron chi connectivity index (χ0n) is 11.7. The lowest BCUT2D eigenvalue weighted by atomic mass is 10.1. The van der Waals surface area contributed by atoms with Gasteiger partial charge < -0.3 is 4.74 Å². The van der Waals surface area contributed by atoms with Crippen molar-refractivity contribution in [2.24, 2.45) is 5.92 Å². The third-order valence-electron chi connectivity index (χ3n) is 2.93. The summed E-state index contributed by atoms with van der Waals surface area (Å²) in [6.07, 6.45) is 9.19. The SMILES string of the molecule is C=CC1=CC(OC)=C=CC1=[O+]CC(C)CCCC. The number of hydrogen-bond acceptors (Lipinski definition) is 1. The fraction of sp³-hybridized carbons (Fsp3) is 0.500. The minimum absolute atomic E-state index is 0.574. The average molecular weight is 247 g/mol. The zero-order chi connectivity index (χ0) is 13.4. The first kappa shape index (κ1) is 14.5. The highest BCUT2D eigenvalue weighted by molar-refractivity contribution is 6.07. The Morgan fingerprint density at radius 2 is 2.33 bits per heavy atom. The van der Waals surface area contributed by atoms with E-state index in [4.69, 9.17) is 9.16 Å². The lowest BCUT2D eigenvalue weighted by Gasteiger charge is -2.03. The maximum absolute atomic E-state index is 5.83. The number of ketones is 1. The molecular formula is C16H23O2+. The predicted molar refractivity (Wildman–Crippen MR) is 75.4 cm³/mol. The van der Waals surface area contributed by atoms with Crippen LogP contribution in [-0.4, -0.2) is 19.5 Å². The summed E-state index contributed by atoms with van der Waals surface area (Å²) < 4.78 is 11.0. The summed E-state index contributed by atoms with van der Waals surface area (Å²) in [7, 11) is 1.63. The number of methoxy groups -OCH3 is 1. The molecule has 0 aromatic rings. The summed E-state index contributed by atoms with van der Waals surface area (Å²) >= 11 is 0. The van der Waals surface area contributed by atoms with Gasteiger partial charge in [-0.05, 0) is 6.42 Å². The molecule has 1 unspecified atom stereocenters. The summed E-state index contributed by atoms with van der Waals surface area (Å²) in [4.78, 5) is 0. The minimum Gasteiger partial charge on any atom is -0.489 e. The molecule has 0 spiro atoms. The highest BCUT2D eigenvalue weighted by Crippen LogP contribution is 2.12. The van der Waals surface area contributed by atoms with E-state index in [2.05, 4.69) is 26.2 Å². The molecule has 0 fully saturated rings. The van der Waals surface area contributed by atoms with Gasteiger partial charge in [-0.1, -0.05) is 45.1 Å². The van der Waals surface area contributed by atoms with Crippen molar-refractivity contribution >= 4 is 5.78 Å². The normalized spacial score (nSPS) is 18.3. The van der Waals surface area contributed by atoms with Crippen LogP contribution in [0.25, 0.3) is 0 Å². The number of carbonyl (C=O) groups excluding carboxylic acids is 1. The van der Waals surface area contributed by atoms with E-state index in [9.17, 15) is 0 Å². The number of hydrogen-bond donors (Lipinski definition) is 0. The smallest absolute Gasteiger partial charge is 0.358 e. The standard InChI is InChI=1S/C16H23O2/c1-5-7-8-13(3)12-18-16-10-9-15(17-4)11-14(16)6-2/h6,10-11,13H,2,5,7-8,12H2,1,3-4H3/q+1. The van der Waals surface area contributed by atoms with Crippen LogP contribution in [0.5, 0.6) is 0 Å². The van der Waals surface area contributed by atoms with Crippen LogP contribution in [0, 0.1) is 5.92 Å². The molecule has 0 saturated heterocycles. The summed E-state index contributed by atoms with van der Waals surface area (Å²) in [6.45, 7) is 8.96. The first-order chi connectivity index (χ1) is 8.71. The number of allylic oxidation sites excluding steroid dienone is 3. The molecule has 2 nitrogen and oxygen atoms in total.